The summed E-state index contributed by atoms with van der Waals surface area (Å²) >= 11 is 0. The van der Waals surface area contributed by atoms with Crippen LogP contribution in [0.5, 0.6) is 17.2 Å². The van der Waals surface area contributed by atoms with Crippen LogP contribution in [0, 0.1) is 0 Å². The number of ether oxygens (including phenoxy) is 1. The zero-order valence-electron chi connectivity index (χ0n) is 27.0. The molecule has 2 unspecified atom stereocenters. The van der Waals surface area contributed by atoms with Crippen LogP contribution in [0.25, 0.3) is 0 Å². The maximum Gasteiger partial charge on any atom is 0.458 e. The van der Waals surface area contributed by atoms with E-state index < -0.39 is 22.8 Å². The van der Waals surface area contributed by atoms with Crippen LogP contribution < -0.4 is 13.6 Å². The van der Waals surface area contributed by atoms with Crippen molar-refractivity contribution < 1.29 is 27.4 Å². The fourth-order valence-electron chi connectivity index (χ4n) is 3.99. The quantitative estimate of drug-likeness (QED) is 0.0843. The van der Waals surface area contributed by atoms with Crippen molar-refractivity contribution in [2.45, 2.75) is 20.3 Å². The van der Waals surface area contributed by atoms with E-state index in [1.165, 1.54) is 0 Å². The molecule has 1 aliphatic rings. The molecule has 0 saturated heterocycles. The molecule has 0 saturated carbocycles. The summed E-state index contributed by atoms with van der Waals surface area (Å²) in [5, 5.41) is 0. The Morgan fingerprint density at radius 1 is 0.681 bits per heavy atom. The van der Waals surface area contributed by atoms with Crippen LogP contribution >= 0.6 is 22.8 Å². The zero-order chi connectivity index (χ0) is 33.6. The Bertz CT molecular complexity index is 1770. The number of nitrogens with zero attached hydrogens (tertiary/aromatic N) is 3. The first-order valence-corrected chi connectivity index (χ1v) is 19.9. The predicted octanol–water partition coefficient (Wildman–Crippen LogP) is 12.5. The first-order valence-electron chi connectivity index (χ1n) is 14.8. The van der Waals surface area contributed by atoms with Gasteiger partial charge in [0.2, 0.25) is 0 Å². The second-order valence-corrected chi connectivity index (χ2v) is 16.5. The van der Waals surface area contributed by atoms with E-state index in [-0.39, 0.29) is 0 Å². The minimum atomic E-state index is -3.72. The number of hydrogen-bond donors (Lipinski definition) is 0. The Labute approximate surface area is 278 Å². The third-order valence-corrected chi connectivity index (χ3v) is 14.6. The molecule has 2 atom stereocenters. The third-order valence-electron chi connectivity index (χ3n) is 5.95. The van der Waals surface area contributed by atoms with Crippen molar-refractivity contribution in [3.05, 3.63) is 164 Å². The van der Waals surface area contributed by atoms with Crippen LogP contribution in [0.4, 0.5) is 0 Å². The van der Waals surface area contributed by atoms with Crippen molar-refractivity contribution in [2.24, 2.45) is 13.5 Å². The minimum absolute atomic E-state index is 0.442. The molecule has 1 heterocycles. The summed E-state index contributed by atoms with van der Waals surface area (Å²) in [6.07, 6.45) is 13.1. The van der Waals surface area contributed by atoms with E-state index in [1.807, 2.05) is 117 Å². The van der Waals surface area contributed by atoms with Gasteiger partial charge in [-0.25, -0.2) is 0 Å². The number of methoxy groups -OCH3 is 1. The Morgan fingerprint density at radius 3 is 1.68 bits per heavy atom. The molecule has 1 aliphatic heterocycles. The molecule has 9 nitrogen and oxygen atoms in total. The van der Waals surface area contributed by atoms with E-state index in [2.05, 4.69) is 13.2 Å². The van der Waals surface area contributed by atoms with Gasteiger partial charge in [-0.15, -0.1) is 9.03 Å². The molecular weight excluding hydrogens is 651 g/mol. The van der Waals surface area contributed by atoms with Gasteiger partial charge in [-0.05, 0) is 80.1 Å². The molecule has 0 amide bonds. The average Bonchev–Trinajstić information content (AvgIpc) is 3.05. The van der Waals surface area contributed by atoms with E-state index in [0.29, 0.717) is 34.5 Å². The molecule has 0 aliphatic carbocycles. The maximum atomic E-state index is 6.66. The Morgan fingerprint density at radius 2 is 1.21 bits per heavy atom. The monoisotopic (exact) mass is 691 g/mol. The third kappa shape index (κ3) is 10.6. The highest BCUT2D eigenvalue weighted by molar-refractivity contribution is 7.80. The largest absolute Gasteiger partial charge is 0.497 e. The average molecular weight is 692 g/mol. The molecular formula is C35H40N3O6P3. The maximum absolute atomic E-state index is 6.66. The minimum Gasteiger partial charge on any atom is -0.497 e. The highest BCUT2D eigenvalue weighted by atomic mass is 31.3. The van der Waals surface area contributed by atoms with Crippen LogP contribution in [0.15, 0.2) is 178 Å². The second kappa shape index (κ2) is 16.9. The van der Waals surface area contributed by atoms with E-state index in [9.17, 15) is 0 Å². The zero-order valence-corrected chi connectivity index (χ0v) is 29.6. The van der Waals surface area contributed by atoms with E-state index in [4.69, 9.17) is 40.9 Å². The molecule has 0 N–H and O–H groups in total. The number of para-hydroxylation sites is 3. The van der Waals surface area contributed by atoms with Crippen molar-refractivity contribution in [1.82, 2.24) is 0 Å². The van der Waals surface area contributed by atoms with Gasteiger partial charge in [0.15, 0.2) is 0 Å². The molecule has 0 aromatic heterocycles. The van der Waals surface area contributed by atoms with Crippen LogP contribution in [0.3, 0.4) is 0 Å². The van der Waals surface area contributed by atoms with Gasteiger partial charge in [0, 0.05) is 6.66 Å². The van der Waals surface area contributed by atoms with Gasteiger partial charge in [0.25, 0.3) is 7.43 Å². The molecule has 246 valence electrons. The van der Waals surface area contributed by atoms with Gasteiger partial charge in [-0.3, -0.25) is 0 Å². The first-order chi connectivity index (χ1) is 22.7. The summed E-state index contributed by atoms with van der Waals surface area (Å²) in [4.78, 5) is 0. The molecule has 0 fully saturated rings. The summed E-state index contributed by atoms with van der Waals surface area (Å²) < 4.78 is 54.0. The molecule has 0 bridgehead atoms. The molecule has 3 aromatic rings. The highest BCUT2D eigenvalue weighted by Gasteiger charge is 2.45. The summed E-state index contributed by atoms with van der Waals surface area (Å²) in [7, 11) is -9.11. The molecule has 12 heteroatoms. The van der Waals surface area contributed by atoms with Crippen molar-refractivity contribution in [1.29, 1.82) is 0 Å². The predicted molar refractivity (Wildman–Crippen MR) is 194 cm³/mol. The van der Waals surface area contributed by atoms with Crippen molar-refractivity contribution in [2.75, 3.05) is 13.8 Å². The van der Waals surface area contributed by atoms with Crippen LogP contribution in [0.2, 0.25) is 0 Å². The summed E-state index contributed by atoms with van der Waals surface area (Å²) in [5.74, 6) is 2.97. The molecule has 0 spiro atoms. The topological polar surface area (TPSA) is 92.5 Å². The number of rotatable bonds is 16. The van der Waals surface area contributed by atoms with Gasteiger partial charge < -0.3 is 27.4 Å². The van der Waals surface area contributed by atoms with E-state index >= 15 is 0 Å². The lowest BCUT2D eigenvalue weighted by Crippen LogP contribution is -2.06. The molecule has 0 radical (unpaired) electrons. The summed E-state index contributed by atoms with van der Waals surface area (Å²) in [6.45, 7) is 13.3. The number of benzene rings is 3. The van der Waals surface area contributed by atoms with Crippen molar-refractivity contribution in [3.63, 3.8) is 0 Å². The van der Waals surface area contributed by atoms with E-state index in [0.717, 1.165) is 6.42 Å². The lowest BCUT2D eigenvalue weighted by Gasteiger charge is -2.32. The standard InChI is InChI=1S/C35H40N3O6P3/c1-7-10-21-32(20-8-2)41-45(6)36-46(42-33-22-14-11-15-23-33,40-30(4)28-29-31(9-3)39-5)38-47(37-45,43-34-24-16-12-17-25-34)44-35-26-18-13-19-27-35/h8-29H,2-3,7H2,1,4-6H3/b21-10-,30-28+,31-29+,32-20+. The van der Waals surface area contributed by atoms with Gasteiger partial charge in [-0.1, -0.05) is 91.3 Å². The lowest BCUT2D eigenvalue weighted by atomic mass is 10.3. The fourth-order valence-corrected chi connectivity index (χ4v) is 13.6. The molecule has 4 rings (SSSR count). The first kappa shape index (κ1) is 35.4. The van der Waals surface area contributed by atoms with Crippen LogP contribution in [-0.4, -0.2) is 13.8 Å². The van der Waals surface area contributed by atoms with Crippen LogP contribution in [-0.2, 0) is 13.8 Å². The normalized spacial score (nSPS) is 20.9. The fraction of sp³-hybridized carbons (Fsp3) is 0.143. The Balaban J connectivity index is 2.06. The second-order valence-electron chi connectivity index (χ2n) is 9.85. The summed E-state index contributed by atoms with van der Waals surface area (Å²) in [5.41, 5.74) is 0. The smallest absolute Gasteiger partial charge is 0.458 e. The Kier molecular flexibility index (Phi) is 12.8. The highest BCUT2D eigenvalue weighted by Crippen LogP contribution is 2.79. The van der Waals surface area contributed by atoms with Crippen LogP contribution in [0.1, 0.15) is 20.3 Å². The molecule has 3 aromatic carbocycles. The van der Waals surface area contributed by atoms with Crippen molar-refractivity contribution in [3.8, 4) is 17.2 Å². The Hall–Kier alpha value is -4.41. The van der Waals surface area contributed by atoms with Crippen molar-refractivity contribution >= 4 is 22.8 Å². The van der Waals surface area contributed by atoms with Gasteiger partial charge in [-0.2, -0.15) is 0 Å². The molecule has 47 heavy (non-hydrogen) atoms. The van der Waals surface area contributed by atoms with Gasteiger partial charge >= 0.3 is 15.3 Å². The number of allylic oxidation sites excluding steroid dienone is 8. The lowest BCUT2D eigenvalue weighted by molar-refractivity contribution is 0.307. The number of hydrogen-bond acceptors (Lipinski definition) is 9. The SMILES string of the molecule is C=C/C=C(\C=C/CC)OP1(C)=NP(O/C(C)=C/C=C(\C=C)OC)(Oc2ccccc2)=NP(Oc2ccccc2)(Oc2ccccc2)=N1. The summed E-state index contributed by atoms with van der Waals surface area (Å²) in [6, 6.07) is 27.7. The van der Waals surface area contributed by atoms with Gasteiger partial charge in [0.1, 0.15) is 34.5 Å². The van der Waals surface area contributed by atoms with Gasteiger partial charge in [0.05, 0.1) is 7.11 Å². The van der Waals surface area contributed by atoms with E-state index in [1.54, 1.807) is 44.4 Å².